The number of esters is 1. The standard InChI is InChI=1S/C11H20N2O2/c1-8(2)15-10(14)11(3,4)6-5-9(13)7-12/h8-9H,5-6,13H2,1-4H3. The molecule has 0 aliphatic carbocycles. The van der Waals surface area contributed by atoms with Gasteiger partial charge < -0.3 is 10.5 Å². The molecule has 0 radical (unpaired) electrons. The van der Waals surface area contributed by atoms with Gasteiger partial charge in [0.15, 0.2) is 0 Å². The molecule has 0 spiro atoms. The van der Waals surface area contributed by atoms with E-state index in [-0.39, 0.29) is 12.1 Å². The Labute approximate surface area is 91.4 Å². The molecular formula is C11H20N2O2. The predicted molar refractivity (Wildman–Crippen MR) is 57.8 cm³/mol. The largest absolute Gasteiger partial charge is 0.463 e. The summed E-state index contributed by atoms with van der Waals surface area (Å²) < 4.78 is 5.12. The fourth-order valence-electron chi connectivity index (χ4n) is 1.06. The van der Waals surface area contributed by atoms with Crippen LogP contribution >= 0.6 is 0 Å². The summed E-state index contributed by atoms with van der Waals surface area (Å²) in [6.45, 7) is 7.24. The van der Waals surface area contributed by atoms with Crippen LogP contribution in [0.5, 0.6) is 0 Å². The van der Waals surface area contributed by atoms with Gasteiger partial charge >= 0.3 is 5.97 Å². The molecule has 2 N–H and O–H groups in total. The van der Waals surface area contributed by atoms with E-state index in [0.717, 1.165) is 0 Å². The second-order valence-electron chi connectivity index (χ2n) is 4.61. The van der Waals surface area contributed by atoms with Gasteiger partial charge in [-0.2, -0.15) is 5.26 Å². The van der Waals surface area contributed by atoms with E-state index in [9.17, 15) is 4.79 Å². The maximum Gasteiger partial charge on any atom is 0.311 e. The second kappa shape index (κ2) is 5.72. The van der Waals surface area contributed by atoms with Gasteiger partial charge in [-0.25, -0.2) is 0 Å². The number of rotatable bonds is 5. The van der Waals surface area contributed by atoms with E-state index in [1.54, 1.807) is 0 Å². The Morgan fingerprint density at radius 3 is 2.47 bits per heavy atom. The zero-order valence-corrected chi connectivity index (χ0v) is 9.91. The van der Waals surface area contributed by atoms with Crippen LogP contribution in [0, 0.1) is 16.7 Å². The Balaban J connectivity index is 4.17. The second-order valence-corrected chi connectivity index (χ2v) is 4.61. The van der Waals surface area contributed by atoms with Gasteiger partial charge in [0.05, 0.1) is 23.6 Å². The predicted octanol–water partition coefficient (Wildman–Crippen LogP) is 1.60. The summed E-state index contributed by atoms with van der Waals surface area (Å²) in [5, 5.41) is 8.52. The highest BCUT2D eigenvalue weighted by atomic mass is 16.5. The highest BCUT2D eigenvalue weighted by Gasteiger charge is 2.30. The number of ether oxygens (including phenoxy) is 1. The molecule has 1 unspecified atom stereocenters. The molecule has 0 rings (SSSR count). The summed E-state index contributed by atoms with van der Waals surface area (Å²) in [6.07, 6.45) is 0.964. The zero-order valence-electron chi connectivity index (χ0n) is 9.91. The normalized spacial score (nSPS) is 13.4. The molecule has 0 saturated heterocycles. The molecule has 0 aromatic heterocycles. The number of carbonyl (C=O) groups is 1. The van der Waals surface area contributed by atoms with Gasteiger partial charge in [0.2, 0.25) is 0 Å². The van der Waals surface area contributed by atoms with Gasteiger partial charge in [-0.15, -0.1) is 0 Å². The van der Waals surface area contributed by atoms with Gasteiger partial charge in [0.25, 0.3) is 0 Å². The van der Waals surface area contributed by atoms with Crippen LogP contribution in [-0.2, 0) is 9.53 Å². The molecule has 4 nitrogen and oxygen atoms in total. The van der Waals surface area contributed by atoms with Crippen molar-refractivity contribution in [2.45, 2.75) is 52.7 Å². The molecule has 86 valence electrons. The summed E-state index contributed by atoms with van der Waals surface area (Å²) in [5.41, 5.74) is 4.90. The summed E-state index contributed by atoms with van der Waals surface area (Å²) >= 11 is 0. The number of carbonyl (C=O) groups excluding carboxylic acids is 1. The third kappa shape index (κ3) is 5.38. The third-order valence-electron chi connectivity index (χ3n) is 2.14. The Morgan fingerprint density at radius 1 is 1.53 bits per heavy atom. The van der Waals surface area contributed by atoms with Crippen molar-refractivity contribution in [3.63, 3.8) is 0 Å². The Morgan fingerprint density at radius 2 is 2.07 bits per heavy atom. The number of nitrogens with two attached hydrogens (primary N) is 1. The van der Waals surface area contributed by atoms with Crippen LogP contribution in [0.15, 0.2) is 0 Å². The maximum absolute atomic E-state index is 11.6. The van der Waals surface area contributed by atoms with E-state index in [2.05, 4.69) is 0 Å². The number of nitrogens with zero attached hydrogens (tertiary/aromatic N) is 1. The van der Waals surface area contributed by atoms with Gasteiger partial charge in [-0.1, -0.05) is 0 Å². The smallest absolute Gasteiger partial charge is 0.311 e. The van der Waals surface area contributed by atoms with Crippen LogP contribution in [-0.4, -0.2) is 18.1 Å². The van der Waals surface area contributed by atoms with Crippen molar-refractivity contribution in [2.75, 3.05) is 0 Å². The van der Waals surface area contributed by atoms with Gasteiger partial charge in [-0.05, 0) is 40.5 Å². The van der Waals surface area contributed by atoms with Crippen molar-refractivity contribution in [1.82, 2.24) is 0 Å². The Bertz CT molecular complexity index is 254. The lowest BCUT2D eigenvalue weighted by Gasteiger charge is -2.24. The van der Waals surface area contributed by atoms with Gasteiger partial charge in [-0.3, -0.25) is 4.79 Å². The first-order valence-electron chi connectivity index (χ1n) is 5.16. The Kier molecular flexibility index (Phi) is 5.31. The minimum atomic E-state index is -0.571. The molecule has 0 aliphatic heterocycles. The van der Waals surface area contributed by atoms with Gasteiger partial charge in [0, 0.05) is 0 Å². The molecule has 0 aromatic rings. The van der Waals surface area contributed by atoms with Crippen LogP contribution in [0.2, 0.25) is 0 Å². The lowest BCUT2D eigenvalue weighted by atomic mass is 9.86. The lowest BCUT2D eigenvalue weighted by molar-refractivity contribution is -0.158. The number of hydrogen-bond acceptors (Lipinski definition) is 4. The van der Waals surface area contributed by atoms with Crippen LogP contribution in [0.25, 0.3) is 0 Å². The first-order valence-corrected chi connectivity index (χ1v) is 5.16. The summed E-state index contributed by atoms with van der Waals surface area (Å²) in [6, 6.07) is 1.44. The van der Waals surface area contributed by atoms with E-state index in [1.807, 2.05) is 33.8 Å². The minimum Gasteiger partial charge on any atom is -0.463 e. The summed E-state index contributed by atoms with van der Waals surface area (Å²) in [4.78, 5) is 11.6. The molecule has 0 fully saturated rings. The molecule has 0 saturated carbocycles. The molecule has 0 aromatic carbocycles. The molecule has 0 aliphatic rings. The highest BCUT2D eigenvalue weighted by Crippen LogP contribution is 2.25. The van der Waals surface area contributed by atoms with Crippen molar-refractivity contribution < 1.29 is 9.53 Å². The van der Waals surface area contributed by atoms with Crippen molar-refractivity contribution in [2.24, 2.45) is 11.1 Å². The SMILES string of the molecule is CC(C)OC(=O)C(C)(C)CCC(N)C#N. The monoisotopic (exact) mass is 212 g/mol. The van der Waals surface area contributed by atoms with Crippen molar-refractivity contribution >= 4 is 5.97 Å². The van der Waals surface area contributed by atoms with Crippen molar-refractivity contribution in [1.29, 1.82) is 5.26 Å². The average molecular weight is 212 g/mol. The topological polar surface area (TPSA) is 76.1 Å². The zero-order chi connectivity index (χ0) is 12.1. The molecule has 0 bridgehead atoms. The maximum atomic E-state index is 11.6. The van der Waals surface area contributed by atoms with Crippen LogP contribution in [0.3, 0.4) is 0 Å². The van der Waals surface area contributed by atoms with Crippen molar-refractivity contribution in [3.05, 3.63) is 0 Å². The average Bonchev–Trinajstić information content (AvgIpc) is 2.13. The molecule has 1 atom stereocenters. The van der Waals surface area contributed by atoms with Crippen LogP contribution < -0.4 is 5.73 Å². The van der Waals surface area contributed by atoms with E-state index < -0.39 is 11.5 Å². The molecule has 15 heavy (non-hydrogen) atoms. The molecule has 0 heterocycles. The van der Waals surface area contributed by atoms with E-state index >= 15 is 0 Å². The Hall–Kier alpha value is -1.08. The van der Waals surface area contributed by atoms with E-state index in [0.29, 0.717) is 12.8 Å². The van der Waals surface area contributed by atoms with Crippen molar-refractivity contribution in [3.8, 4) is 6.07 Å². The summed E-state index contributed by atoms with van der Waals surface area (Å²) in [7, 11) is 0. The number of hydrogen-bond donors (Lipinski definition) is 1. The third-order valence-corrected chi connectivity index (χ3v) is 2.14. The molecule has 0 amide bonds. The lowest BCUT2D eigenvalue weighted by Crippen LogP contribution is -2.31. The molecular weight excluding hydrogens is 192 g/mol. The first kappa shape index (κ1) is 13.9. The first-order chi connectivity index (χ1) is 6.79. The fourth-order valence-corrected chi connectivity index (χ4v) is 1.06. The quantitative estimate of drug-likeness (QED) is 0.702. The van der Waals surface area contributed by atoms with Crippen LogP contribution in [0.1, 0.15) is 40.5 Å². The summed E-state index contributed by atoms with van der Waals surface area (Å²) in [5.74, 6) is -0.234. The van der Waals surface area contributed by atoms with E-state index in [1.165, 1.54) is 0 Å². The molecule has 4 heteroatoms. The van der Waals surface area contributed by atoms with E-state index in [4.69, 9.17) is 15.7 Å². The highest BCUT2D eigenvalue weighted by molar-refractivity contribution is 5.76. The minimum absolute atomic E-state index is 0.110. The fraction of sp³-hybridized carbons (Fsp3) is 0.818. The number of nitriles is 1. The van der Waals surface area contributed by atoms with Gasteiger partial charge in [0.1, 0.15) is 0 Å². The van der Waals surface area contributed by atoms with Crippen LogP contribution in [0.4, 0.5) is 0 Å².